The van der Waals surface area contributed by atoms with Gasteiger partial charge in [-0.15, -0.1) is 11.3 Å². The number of nitrogens with two attached hydrogens (primary N) is 1. The van der Waals surface area contributed by atoms with Crippen molar-refractivity contribution >= 4 is 27.4 Å². The third-order valence-electron chi connectivity index (χ3n) is 5.60. The summed E-state index contributed by atoms with van der Waals surface area (Å²) in [4.78, 5) is 13.3. The van der Waals surface area contributed by atoms with Crippen molar-refractivity contribution < 1.29 is 8.91 Å². The van der Waals surface area contributed by atoms with Gasteiger partial charge in [-0.25, -0.2) is 14.4 Å². The Kier molecular flexibility index (Phi) is 6.04. The van der Waals surface area contributed by atoms with Crippen LogP contribution in [0.1, 0.15) is 17.0 Å². The number of aryl methyl sites for hydroxylation is 2. The van der Waals surface area contributed by atoms with Crippen LogP contribution in [0.15, 0.2) is 58.7 Å². The van der Waals surface area contributed by atoms with Crippen LogP contribution in [0.4, 0.5) is 10.2 Å². The van der Waals surface area contributed by atoms with Gasteiger partial charge in [0.2, 0.25) is 0 Å². The standard InChI is InChI=1S/C25H23FN6OS/c1-14-21(15(2)33-32-14)19-13-34-23-22(19)30-24(18-8-9-28-12-20(18)26)31-25(23)29-11-17(27)10-16-6-4-3-5-7-16/h3-9,12-13,17H,10-11,27H2,1-2H3,(H,29,30,31). The number of pyridine rings is 1. The molecule has 0 saturated carbocycles. The Bertz CT molecular complexity index is 1430. The lowest BCUT2D eigenvalue weighted by atomic mass is 10.1. The molecule has 5 rings (SSSR count). The van der Waals surface area contributed by atoms with E-state index in [1.54, 1.807) is 6.07 Å². The highest BCUT2D eigenvalue weighted by Gasteiger charge is 2.21. The molecule has 172 valence electrons. The summed E-state index contributed by atoms with van der Waals surface area (Å²) >= 11 is 1.52. The third-order valence-corrected chi connectivity index (χ3v) is 6.58. The summed E-state index contributed by atoms with van der Waals surface area (Å²) in [6.07, 6.45) is 3.41. The molecule has 5 aromatic rings. The van der Waals surface area contributed by atoms with Gasteiger partial charge in [-0.1, -0.05) is 35.5 Å². The van der Waals surface area contributed by atoms with Gasteiger partial charge in [-0.3, -0.25) is 4.98 Å². The zero-order valence-corrected chi connectivity index (χ0v) is 19.6. The number of halogens is 1. The van der Waals surface area contributed by atoms with Crippen molar-refractivity contribution in [3.8, 4) is 22.5 Å². The van der Waals surface area contributed by atoms with Crippen LogP contribution in [0.3, 0.4) is 0 Å². The van der Waals surface area contributed by atoms with Crippen molar-refractivity contribution in [3.63, 3.8) is 0 Å². The second kappa shape index (κ2) is 9.28. The molecule has 4 aromatic heterocycles. The molecular formula is C25H23FN6OS. The number of nitrogens with zero attached hydrogens (tertiary/aromatic N) is 4. The summed E-state index contributed by atoms with van der Waals surface area (Å²) in [6.45, 7) is 4.25. The molecule has 1 unspecified atom stereocenters. The predicted molar refractivity (Wildman–Crippen MR) is 132 cm³/mol. The lowest BCUT2D eigenvalue weighted by molar-refractivity contribution is 0.393. The van der Waals surface area contributed by atoms with E-state index in [9.17, 15) is 4.39 Å². The van der Waals surface area contributed by atoms with E-state index in [-0.39, 0.29) is 17.4 Å². The molecule has 4 heterocycles. The summed E-state index contributed by atoms with van der Waals surface area (Å²) in [5.41, 5.74) is 11.1. The van der Waals surface area contributed by atoms with Crippen molar-refractivity contribution in [2.24, 2.45) is 5.73 Å². The van der Waals surface area contributed by atoms with Gasteiger partial charge >= 0.3 is 0 Å². The normalized spacial score (nSPS) is 12.2. The van der Waals surface area contributed by atoms with E-state index in [1.165, 1.54) is 23.1 Å². The van der Waals surface area contributed by atoms with Crippen LogP contribution in [0.25, 0.3) is 32.7 Å². The molecule has 0 aliphatic rings. The minimum atomic E-state index is -0.484. The second-order valence-corrected chi connectivity index (χ2v) is 8.99. The van der Waals surface area contributed by atoms with Crippen LogP contribution in [0, 0.1) is 19.7 Å². The Labute approximate surface area is 199 Å². The molecular weight excluding hydrogens is 451 g/mol. The van der Waals surface area contributed by atoms with Crippen LogP contribution < -0.4 is 11.1 Å². The Morgan fingerprint density at radius 1 is 1.12 bits per heavy atom. The molecule has 0 radical (unpaired) electrons. The number of anilines is 1. The van der Waals surface area contributed by atoms with E-state index in [0.29, 0.717) is 23.6 Å². The van der Waals surface area contributed by atoms with Gasteiger partial charge in [-0.2, -0.15) is 0 Å². The average Bonchev–Trinajstić information content (AvgIpc) is 3.40. The molecule has 3 N–H and O–H groups in total. The maximum absolute atomic E-state index is 14.6. The maximum Gasteiger partial charge on any atom is 0.165 e. The van der Waals surface area contributed by atoms with E-state index >= 15 is 0 Å². The first-order chi connectivity index (χ1) is 16.5. The number of rotatable bonds is 7. The average molecular weight is 475 g/mol. The number of fused-ring (bicyclic) bond motifs is 1. The summed E-state index contributed by atoms with van der Waals surface area (Å²) in [6, 6.07) is 11.5. The van der Waals surface area contributed by atoms with Gasteiger partial charge in [0, 0.05) is 29.7 Å². The fourth-order valence-electron chi connectivity index (χ4n) is 3.98. The molecule has 1 aromatic carbocycles. The second-order valence-electron chi connectivity index (χ2n) is 8.11. The quantitative estimate of drug-likeness (QED) is 0.336. The Balaban J connectivity index is 1.55. The summed E-state index contributed by atoms with van der Waals surface area (Å²) < 4.78 is 20.8. The first kappa shape index (κ1) is 22.1. The van der Waals surface area contributed by atoms with Crippen molar-refractivity contribution in [1.82, 2.24) is 20.1 Å². The summed E-state index contributed by atoms with van der Waals surface area (Å²) in [5, 5.41) is 9.47. The number of benzene rings is 1. The lowest BCUT2D eigenvalue weighted by Crippen LogP contribution is -2.31. The highest BCUT2D eigenvalue weighted by Crippen LogP contribution is 2.40. The predicted octanol–water partition coefficient (Wildman–Crippen LogP) is 5.15. The monoisotopic (exact) mass is 474 g/mol. The molecule has 0 saturated heterocycles. The summed E-state index contributed by atoms with van der Waals surface area (Å²) in [5.74, 6) is 1.11. The van der Waals surface area contributed by atoms with Crippen LogP contribution in [0.5, 0.6) is 0 Å². The number of hydrogen-bond donors (Lipinski definition) is 2. The zero-order chi connectivity index (χ0) is 23.7. The fourth-order valence-corrected chi connectivity index (χ4v) is 4.94. The highest BCUT2D eigenvalue weighted by molar-refractivity contribution is 7.18. The maximum atomic E-state index is 14.6. The van der Waals surface area contributed by atoms with Crippen LogP contribution in [-0.2, 0) is 6.42 Å². The van der Waals surface area contributed by atoms with Crippen molar-refractivity contribution in [2.45, 2.75) is 26.3 Å². The van der Waals surface area contributed by atoms with Gasteiger partial charge < -0.3 is 15.6 Å². The van der Waals surface area contributed by atoms with E-state index in [2.05, 4.69) is 32.6 Å². The molecule has 0 aliphatic heterocycles. The van der Waals surface area contributed by atoms with E-state index < -0.39 is 5.82 Å². The Hall–Kier alpha value is -3.69. The zero-order valence-electron chi connectivity index (χ0n) is 18.7. The smallest absolute Gasteiger partial charge is 0.165 e. The van der Waals surface area contributed by atoms with Crippen LogP contribution in [0.2, 0.25) is 0 Å². The molecule has 0 aliphatic carbocycles. The first-order valence-corrected chi connectivity index (χ1v) is 11.7. The largest absolute Gasteiger partial charge is 0.367 e. The number of nitrogens with one attached hydrogen (secondary N) is 1. The van der Waals surface area contributed by atoms with Gasteiger partial charge in [-0.05, 0) is 31.9 Å². The topological polar surface area (TPSA) is 103 Å². The van der Waals surface area contributed by atoms with Crippen LogP contribution in [-0.4, -0.2) is 32.7 Å². The van der Waals surface area contributed by atoms with Crippen molar-refractivity contribution in [1.29, 1.82) is 0 Å². The minimum Gasteiger partial charge on any atom is -0.367 e. The first-order valence-electron chi connectivity index (χ1n) is 10.9. The Morgan fingerprint density at radius 3 is 2.68 bits per heavy atom. The van der Waals surface area contributed by atoms with Crippen LogP contribution >= 0.6 is 11.3 Å². The van der Waals surface area contributed by atoms with E-state index in [0.717, 1.165) is 34.1 Å². The van der Waals surface area contributed by atoms with Gasteiger partial charge in [0.1, 0.15) is 11.6 Å². The molecule has 34 heavy (non-hydrogen) atoms. The highest BCUT2D eigenvalue weighted by atomic mass is 32.1. The molecule has 1 atom stereocenters. The van der Waals surface area contributed by atoms with Gasteiger partial charge in [0.15, 0.2) is 11.6 Å². The number of hydrogen-bond acceptors (Lipinski definition) is 8. The fraction of sp³-hybridized carbons (Fsp3) is 0.200. The molecule has 0 fully saturated rings. The van der Waals surface area contributed by atoms with Gasteiger partial charge in [0.25, 0.3) is 0 Å². The van der Waals surface area contributed by atoms with Gasteiger partial charge in [0.05, 0.1) is 33.2 Å². The Morgan fingerprint density at radius 2 is 1.94 bits per heavy atom. The SMILES string of the molecule is Cc1noc(C)c1-c1csc2c(NCC(N)Cc3ccccc3)nc(-c3ccncc3F)nc12. The molecule has 0 spiro atoms. The van der Waals surface area contributed by atoms with Crippen molar-refractivity contribution in [2.75, 3.05) is 11.9 Å². The molecule has 9 heteroatoms. The number of thiophene rings is 1. The van der Waals surface area contributed by atoms with E-state index in [1.807, 2.05) is 37.4 Å². The molecule has 0 bridgehead atoms. The minimum absolute atomic E-state index is 0.129. The third kappa shape index (κ3) is 4.27. The van der Waals surface area contributed by atoms with E-state index in [4.69, 9.17) is 15.2 Å². The molecule has 7 nitrogen and oxygen atoms in total. The lowest BCUT2D eigenvalue weighted by Gasteiger charge is -2.15. The summed E-state index contributed by atoms with van der Waals surface area (Å²) in [7, 11) is 0. The molecule has 0 amide bonds. The number of aromatic nitrogens is 4. The van der Waals surface area contributed by atoms with Crippen molar-refractivity contribution in [3.05, 3.63) is 77.0 Å².